The van der Waals surface area contributed by atoms with E-state index in [2.05, 4.69) is 10.1 Å². The molecule has 0 bridgehead atoms. The highest BCUT2D eigenvalue weighted by Gasteiger charge is 2.07. The maximum absolute atomic E-state index is 5.80. The molecule has 17 heavy (non-hydrogen) atoms. The molecule has 1 aromatic carbocycles. The maximum Gasteiger partial charge on any atom is 0.233 e. The molecular formula is C11H10ClN3OS. The molecule has 0 aliphatic carbocycles. The minimum Gasteiger partial charge on any atom is -0.393 e. The molecule has 0 saturated carbocycles. The summed E-state index contributed by atoms with van der Waals surface area (Å²) < 4.78 is 5.02. The number of aromatic nitrogens is 2. The third-order valence-corrected chi connectivity index (χ3v) is 2.51. The van der Waals surface area contributed by atoms with E-state index in [0.717, 1.165) is 5.56 Å². The van der Waals surface area contributed by atoms with Gasteiger partial charge in [-0.2, -0.15) is 4.98 Å². The lowest BCUT2D eigenvalue weighted by molar-refractivity contribution is 0.383. The molecule has 2 N–H and O–H groups in total. The molecule has 0 atom stereocenters. The second kappa shape index (κ2) is 5.25. The summed E-state index contributed by atoms with van der Waals surface area (Å²) in [4.78, 5) is 4.53. The van der Waals surface area contributed by atoms with E-state index in [1.54, 1.807) is 0 Å². The second-order valence-electron chi connectivity index (χ2n) is 3.55. The van der Waals surface area contributed by atoms with Crippen LogP contribution in [0.1, 0.15) is 17.3 Å². The quantitative estimate of drug-likeness (QED) is 0.860. The minimum atomic E-state index is 0.336. The van der Waals surface area contributed by atoms with E-state index < -0.39 is 0 Å². The van der Waals surface area contributed by atoms with Gasteiger partial charge < -0.3 is 10.3 Å². The Morgan fingerprint density at radius 2 is 2.06 bits per heavy atom. The number of rotatable bonds is 4. The highest BCUT2D eigenvalue weighted by molar-refractivity contribution is 7.80. The van der Waals surface area contributed by atoms with E-state index in [1.807, 2.05) is 24.3 Å². The first-order chi connectivity index (χ1) is 8.13. The molecule has 1 aromatic heterocycles. The van der Waals surface area contributed by atoms with E-state index in [-0.39, 0.29) is 0 Å². The molecule has 88 valence electrons. The first-order valence-corrected chi connectivity index (χ1v) is 5.76. The average Bonchev–Trinajstić information content (AvgIpc) is 2.68. The fourth-order valence-corrected chi connectivity index (χ4v) is 1.62. The molecule has 1 heterocycles. The van der Waals surface area contributed by atoms with Gasteiger partial charge in [-0.15, -0.1) is 0 Å². The lowest BCUT2D eigenvalue weighted by Gasteiger charge is -1.96. The summed E-state index contributed by atoms with van der Waals surface area (Å²) in [6.45, 7) is 0. The number of benzene rings is 1. The molecule has 2 aromatic rings. The maximum atomic E-state index is 5.80. The molecule has 2 rings (SSSR count). The molecule has 4 nitrogen and oxygen atoms in total. The standard InChI is InChI=1S/C11H10ClN3OS/c12-8-3-1-7(2-4-8)5-10-14-11(16-15-10)6-9(13)17/h1-4H,5-6H2,(H2,13,17). The zero-order chi connectivity index (χ0) is 12.3. The van der Waals surface area contributed by atoms with Crippen molar-refractivity contribution in [1.29, 1.82) is 0 Å². The van der Waals surface area contributed by atoms with Crippen molar-refractivity contribution >= 4 is 28.8 Å². The van der Waals surface area contributed by atoms with Crippen molar-refractivity contribution in [3.63, 3.8) is 0 Å². The van der Waals surface area contributed by atoms with Gasteiger partial charge in [-0.05, 0) is 17.7 Å². The number of nitrogens with two attached hydrogens (primary N) is 1. The normalized spacial score (nSPS) is 10.4. The number of halogens is 1. The van der Waals surface area contributed by atoms with Gasteiger partial charge in [-0.25, -0.2) is 0 Å². The Morgan fingerprint density at radius 3 is 2.71 bits per heavy atom. The van der Waals surface area contributed by atoms with E-state index in [4.69, 9.17) is 34.1 Å². The largest absolute Gasteiger partial charge is 0.393 e. The van der Waals surface area contributed by atoms with Gasteiger partial charge in [0, 0.05) is 11.4 Å². The summed E-state index contributed by atoms with van der Waals surface area (Å²) in [5.41, 5.74) is 6.46. The third-order valence-electron chi connectivity index (χ3n) is 2.11. The summed E-state index contributed by atoms with van der Waals surface area (Å²) in [5, 5.41) is 4.56. The molecule has 0 aliphatic rings. The molecular weight excluding hydrogens is 258 g/mol. The second-order valence-corrected chi connectivity index (χ2v) is 4.51. The van der Waals surface area contributed by atoms with Crippen molar-refractivity contribution in [3.05, 3.63) is 46.6 Å². The minimum absolute atomic E-state index is 0.336. The first-order valence-electron chi connectivity index (χ1n) is 4.97. The van der Waals surface area contributed by atoms with Crippen LogP contribution in [0, 0.1) is 0 Å². The van der Waals surface area contributed by atoms with Crippen molar-refractivity contribution in [1.82, 2.24) is 10.1 Å². The van der Waals surface area contributed by atoms with Crippen LogP contribution in [0.5, 0.6) is 0 Å². The lowest BCUT2D eigenvalue weighted by Crippen LogP contribution is -2.11. The van der Waals surface area contributed by atoms with Crippen LogP contribution >= 0.6 is 23.8 Å². The van der Waals surface area contributed by atoms with Crippen LogP contribution in [0.15, 0.2) is 28.8 Å². The summed E-state index contributed by atoms with van der Waals surface area (Å²) in [7, 11) is 0. The topological polar surface area (TPSA) is 64.9 Å². The zero-order valence-electron chi connectivity index (χ0n) is 8.89. The van der Waals surface area contributed by atoms with E-state index in [0.29, 0.717) is 34.6 Å². The average molecular weight is 268 g/mol. The molecule has 0 saturated heterocycles. The van der Waals surface area contributed by atoms with Crippen molar-refractivity contribution in [3.8, 4) is 0 Å². The van der Waals surface area contributed by atoms with Gasteiger partial charge >= 0.3 is 0 Å². The molecule has 0 fully saturated rings. The Balaban J connectivity index is 2.06. The predicted octanol–water partition coefficient (Wildman–Crippen LogP) is 2.14. The van der Waals surface area contributed by atoms with Crippen molar-refractivity contribution in [2.24, 2.45) is 5.73 Å². The van der Waals surface area contributed by atoms with Crippen LogP contribution in [-0.4, -0.2) is 15.1 Å². The van der Waals surface area contributed by atoms with Gasteiger partial charge in [0.1, 0.15) is 0 Å². The molecule has 0 aliphatic heterocycles. The van der Waals surface area contributed by atoms with Crippen molar-refractivity contribution < 1.29 is 4.52 Å². The van der Waals surface area contributed by atoms with Crippen LogP contribution in [0.4, 0.5) is 0 Å². The fourth-order valence-electron chi connectivity index (χ4n) is 1.37. The van der Waals surface area contributed by atoms with E-state index in [9.17, 15) is 0 Å². The van der Waals surface area contributed by atoms with Gasteiger partial charge in [0.2, 0.25) is 5.89 Å². The Hall–Kier alpha value is -1.46. The fraction of sp³-hybridized carbons (Fsp3) is 0.182. The summed E-state index contributed by atoms with van der Waals surface area (Å²) in [5.74, 6) is 1.06. The Labute approximate surface area is 109 Å². The van der Waals surface area contributed by atoms with Gasteiger partial charge in [0.25, 0.3) is 0 Å². The Kier molecular flexibility index (Phi) is 3.71. The summed E-state index contributed by atoms with van der Waals surface area (Å²) >= 11 is 10.6. The van der Waals surface area contributed by atoms with Gasteiger partial charge in [-0.3, -0.25) is 0 Å². The van der Waals surface area contributed by atoms with Crippen LogP contribution in [0.2, 0.25) is 5.02 Å². The number of hydrogen-bond acceptors (Lipinski definition) is 4. The summed E-state index contributed by atoms with van der Waals surface area (Å²) in [6, 6.07) is 7.50. The highest BCUT2D eigenvalue weighted by Crippen LogP contribution is 2.12. The number of nitrogens with zero attached hydrogens (tertiary/aromatic N) is 2. The van der Waals surface area contributed by atoms with Gasteiger partial charge in [0.15, 0.2) is 5.82 Å². The van der Waals surface area contributed by atoms with Crippen molar-refractivity contribution in [2.45, 2.75) is 12.8 Å². The zero-order valence-corrected chi connectivity index (χ0v) is 10.5. The molecule has 0 amide bonds. The molecule has 6 heteroatoms. The predicted molar refractivity (Wildman–Crippen MR) is 69.0 cm³/mol. The van der Waals surface area contributed by atoms with Crippen molar-refractivity contribution in [2.75, 3.05) is 0 Å². The number of thiocarbonyl (C=S) groups is 1. The third kappa shape index (κ3) is 3.51. The Bertz CT molecular complexity index is 524. The van der Waals surface area contributed by atoms with Crippen LogP contribution in [0.25, 0.3) is 0 Å². The highest BCUT2D eigenvalue weighted by atomic mass is 35.5. The summed E-state index contributed by atoms with van der Waals surface area (Å²) in [6.07, 6.45) is 0.932. The SMILES string of the molecule is NC(=S)Cc1nc(Cc2ccc(Cl)cc2)no1. The van der Waals surface area contributed by atoms with Crippen LogP contribution < -0.4 is 5.73 Å². The van der Waals surface area contributed by atoms with E-state index in [1.165, 1.54) is 0 Å². The van der Waals surface area contributed by atoms with Gasteiger partial charge in [0.05, 0.1) is 11.4 Å². The van der Waals surface area contributed by atoms with E-state index >= 15 is 0 Å². The molecule has 0 spiro atoms. The Morgan fingerprint density at radius 1 is 1.35 bits per heavy atom. The monoisotopic (exact) mass is 267 g/mol. The molecule has 0 radical (unpaired) electrons. The smallest absolute Gasteiger partial charge is 0.233 e. The van der Waals surface area contributed by atoms with Gasteiger partial charge in [-0.1, -0.05) is 41.1 Å². The van der Waals surface area contributed by atoms with Crippen LogP contribution in [-0.2, 0) is 12.8 Å². The molecule has 0 unspecified atom stereocenters. The number of hydrogen-bond donors (Lipinski definition) is 1. The first kappa shape index (κ1) is 12.0. The lowest BCUT2D eigenvalue weighted by atomic mass is 10.1. The van der Waals surface area contributed by atoms with Crippen LogP contribution in [0.3, 0.4) is 0 Å².